The van der Waals surface area contributed by atoms with Crippen LogP contribution in [0.4, 0.5) is 0 Å². The molecule has 1 N–H and O–H groups in total. The van der Waals surface area contributed by atoms with Crippen LogP contribution in [-0.4, -0.2) is 26.9 Å². The number of benzene rings is 1. The van der Waals surface area contributed by atoms with Gasteiger partial charge in [0.2, 0.25) is 6.41 Å². The van der Waals surface area contributed by atoms with Crippen molar-refractivity contribution >= 4 is 29.2 Å². The van der Waals surface area contributed by atoms with Crippen molar-refractivity contribution in [2.75, 3.05) is 0 Å². The molecule has 0 saturated heterocycles. The van der Waals surface area contributed by atoms with Gasteiger partial charge < -0.3 is 9.39 Å². The molecule has 0 aliphatic heterocycles. The summed E-state index contributed by atoms with van der Waals surface area (Å²) in [5.74, 6) is -1.70. The van der Waals surface area contributed by atoms with E-state index in [0.29, 0.717) is 0 Å². The SMILES string of the molecule is O=CNOC(=O)CC(=O)c1ccccc1S(=O)[O-]. The molecule has 18 heavy (non-hydrogen) atoms. The Morgan fingerprint density at radius 3 is 2.67 bits per heavy atom. The molecule has 7 nitrogen and oxygen atoms in total. The fourth-order valence-electron chi connectivity index (χ4n) is 1.19. The van der Waals surface area contributed by atoms with Gasteiger partial charge in [0.15, 0.2) is 5.78 Å². The third-order valence-electron chi connectivity index (χ3n) is 1.89. The second-order valence-corrected chi connectivity index (χ2v) is 3.95. The van der Waals surface area contributed by atoms with E-state index in [9.17, 15) is 23.1 Å². The molecule has 0 radical (unpaired) electrons. The lowest BCUT2D eigenvalue weighted by Crippen LogP contribution is -2.21. The third kappa shape index (κ3) is 3.75. The van der Waals surface area contributed by atoms with Crippen LogP contribution in [0.1, 0.15) is 16.8 Å². The van der Waals surface area contributed by atoms with E-state index in [1.807, 2.05) is 0 Å². The van der Waals surface area contributed by atoms with Crippen LogP contribution in [0.5, 0.6) is 0 Å². The van der Waals surface area contributed by atoms with E-state index in [1.165, 1.54) is 24.3 Å². The first-order valence-corrected chi connectivity index (χ1v) is 5.74. The Balaban J connectivity index is 2.81. The molecule has 1 aromatic carbocycles. The van der Waals surface area contributed by atoms with E-state index in [2.05, 4.69) is 4.84 Å². The second-order valence-electron chi connectivity index (χ2n) is 3.04. The van der Waals surface area contributed by atoms with Crippen molar-refractivity contribution in [2.24, 2.45) is 0 Å². The number of ketones is 1. The molecule has 1 amide bonds. The third-order valence-corrected chi connectivity index (χ3v) is 2.61. The minimum atomic E-state index is -2.58. The number of carbonyl (C=O) groups excluding carboxylic acids is 3. The largest absolute Gasteiger partial charge is 0.768 e. The number of hydrogen-bond donors (Lipinski definition) is 1. The predicted molar refractivity (Wildman–Crippen MR) is 57.9 cm³/mol. The van der Waals surface area contributed by atoms with Gasteiger partial charge in [0, 0.05) is 10.5 Å². The van der Waals surface area contributed by atoms with Crippen molar-refractivity contribution in [1.29, 1.82) is 0 Å². The second kappa shape index (κ2) is 6.62. The van der Waals surface area contributed by atoms with E-state index in [0.717, 1.165) is 0 Å². The first kappa shape index (κ1) is 14.0. The number of nitrogens with one attached hydrogen (secondary N) is 1. The first-order valence-electron chi connectivity index (χ1n) is 4.66. The summed E-state index contributed by atoms with van der Waals surface area (Å²) in [6.45, 7) is 0. The molecule has 0 aliphatic carbocycles. The molecule has 1 atom stereocenters. The van der Waals surface area contributed by atoms with E-state index in [1.54, 1.807) is 5.48 Å². The fourth-order valence-corrected chi connectivity index (χ4v) is 1.75. The van der Waals surface area contributed by atoms with Crippen LogP contribution in [-0.2, 0) is 25.5 Å². The first-order chi connectivity index (χ1) is 8.56. The Hall–Kier alpha value is -2.06. The van der Waals surface area contributed by atoms with Crippen LogP contribution in [0.15, 0.2) is 29.2 Å². The van der Waals surface area contributed by atoms with Gasteiger partial charge in [0.05, 0.1) is 0 Å². The van der Waals surface area contributed by atoms with E-state index in [4.69, 9.17) is 0 Å². The van der Waals surface area contributed by atoms with Gasteiger partial charge in [-0.1, -0.05) is 18.2 Å². The number of hydroxylamine groups is 1. The highest BCUT2D eigenvalue weighted by molar-refractivity contribution is 7.79. The number of hydrogen-bond acceptors (Lipinski definition) is 6. The highest BCUT2D eigenvalue weighted by Gasteiger charge is 2.16. The molecule has 8 heteroatoms. The molecule has 0 heterocycles. The van der Waals surface area contributed by atoms with E-state index in [-0.39, 0.29) is 16.9 Å². The highest BCUT2D eigenvalue weighted by Crippen LogP contribution is 2.14. The van der Waals surface area contributed by atoms with Gasteiger partial charge in [-0.15, -0.1) is 0 Å². The van der Waals surface area contributed by atoms with E-state index >= 15 is 0 Å². The maximum absolute atomic E-state index is 11.7. The number of amides is 1. The van der Waals surface area contributed by atoms with Crippen molar-refractivity contribution in [1.82, 2.24) is 5.48 Å². The maximum Gasteiger partial charge on any atom is 0.339 e. The normalized spacial score (nSPS) is 11.4. The lowest BCUT2D eigenvalue weighted by molar-refractivity contribution is -0.153. The predicted octanol–water partition coefficient (Wildman–Crippen LogP) is -0.298. The van der Waals surface area contributed by atoms with Gasteiger partial charge >= 0.3 is 5.97 Å². The van der Waals surface area contributed by atoms with Crippen LogP contribution >= 0.6 is 0 Å². The zero-order chi connectivity index (χ0) is 13.5. The summed E-state index contributed by atoms with van der Waals surface area (Å²) >= 11 is -2.58. The molecule has 0 saturated carbocycles. The van der Waals surface area contributed by atoms with Crippen molar-refractivity contribution in [2.45, 2.75) is 11.3 Å². The average molecular weight is 270 g/mol. The van der Waals surface area contributed by atoms with Gasteiger partial charge in [-0.3, -0.25) is 13.8 Å². The zero-order valence-corrected chi connectivity index (χ0v) is 9.77. The Kier molecular flexibility index (Phi) is 5.15. The lowest BCUT2D eigenvalue weighted by Gasteiger charge is -2.10. The molecule has 0 bridgehead atoms. The molecule has 1 unspecified atom stereocenters. The van der Waals surface area contributed by atoms with Crippen LogP contribution in [0.25, 0.3) is 0 Å². The monoisotopic (exact) mass is 270 g/mol. The summed E-state index contributed by atoms with van der Waals surface area (Å²) in [4.78, 5) is 36.5. The maximum atomic E-state index is 11.7. The van der Waals surface area contributed by atoms with Crippen LogP contribution in [0.2, 0.25) is 0 Å². The Labute approximate surface area is 104 Å². The Morgan fingerprint density at radius 2 is 2.06 bits per heavy atom. The van der Waals surface area contributed by atoms with Gasteiger partial charge in [0.25, 0.3) is 0 Å². The topological polar surface area (TPSA) is 113 Å². The molecule has 1 rings (SSSR count). The Morgan fingerprint density at radius 1 is 1.39 bits per heavy atom. The summed E-state index contributed by atoms with van der Waals surface area (Å²) in [5, 5.41) is 0. The summed E-state index contributed by atoms with van der Waals surface area (Å²) in [5.41, 5.74) is 1.54. The van der Waals surface area contributed by atoms with Crippen LogP contribution in [0.3, 0.4) is 0 Å². The van der Waals surface area contributed by atoms with Crippen LogP contribution in [0, 0.1) is 0 Å². The molecule has 0 spiro atoms. The minimum absolute atomic E-state index is 0.103. The number of Topliss-reactive ketones (excluding diaryl/α,β-unsaturated/α-hetero) is 1. The van der Waals surface area contributed by atoms with Crippen molar-refractivity contribution in [3.05, 3.63) is 29.8 Å². The van der Waals surface area contributed by atoms with Crippen molar-refractivity contribution in [3.63, 3.8) is 0 Å². The summed E-state index contributed by atoms with van der Waals surface area (Å²) in [6.07, 6.45) is -0.544. The lowest BCUT2D eigenvalue weighted by atomic mass is 10.1. The molecule has 96 valence electrons. The number of rotatable bonds is 6. The summed E-state index contributed by atoms with van der Waals surface area (Å²) in [6, 6.07) is 5.45. The van der Waals surface area contributed by atoms with Crippen molar-refractivity contribution in [3.8, 4) is 0 Å². The Bertz CT molecular complexity index is 501. The summed E-state index contributed by atoms with van der Waals surface area (Å²) < 4.78 is 21.7. The smallest absolute Gasteiger partial charge is 0.339 e. The molecular formula is C10H8NO6S-. The average Bonchev–Trinajstić information content (AvgIpc) is 2.36. The molecule has 1 aromatic rings. The molecular weight excluding hydrogens is 262 g/mol. The quantitative estimate of drug-likeness (QED) is 0.250. The van der Waals surface area contributed by atoms with Gasteiger partial charge in [-0.25, -0.2) is 4.79 Å². The van der Waals surface area contributed by atoms with E-state index < -0.39 is 29.3 Å². The van der Waals surface area contributed by atoms with Gasteiger partial charge in [0.1, 0.15) is 6.42 Å². The van der Waals surface area contributed by atoms with Gasteiger partial charge in [-0.2, -0.15) is 5.48 Å². The fraction of sp³-hybridized carbons (Fsp3) is 0.100. The molecule has 0 aromatic heterocycles. The number of carbonyl (C=O) groups is 3. The zero-order valence-electron chi connectivity index (χ0n) is 8.95. The molecule has 0 fully saturated rings. The van der Waals surface area contributed by atoms with Crippen molar-refractivity contribution < 1.29 is 28.0 Å². The van der Waals surface area contributed by atoms with Crippen LogP contribution < -0.4 is 5.48 Å². The standard InChI is InChI=1S/C10H9NO6S/c12-6-11-17-10(14)5-8(13)7-3-1-2-4-9(7)18(15)16/h1-4,6H,5H2,(H,11,12)(H,15,16)/p-1. The summed E-state index contributed by atoms with van der Waals surface area (Å²) in [7, 11) is 0. The van der Waals surface area contributed by atoms with Gasteiger partial charge in [-0.05, 0) is 17.1 Å². The highest BCUT2D eigenvalue weighted by atomic mass is 32.2. The molecule has 0 aliphatic rings. The minimum Gasteiger partial charge on any atom is -0.768 e.